The number of pyridine rings is 1. The van der Waals surface area contributed by atoms with Crippen molar-refractivity contribution in [1.29, 1.82) is 0 Å². The van der Waals surface area contributed by atoms with Crippen molar-refractivity contribution in [3.8, 4) is 0 Å². The van der Waals surface area contributed by atoms with Crippen molar-refractivity contribution in [2.75, 3.05) is 18.0 Å². The van der Waals surface area contributed by atoms with Crippen molar-refractivity contribution in [2.24, 2.45) is 0 Å². The maximum Gasteiger partial charge on any atom is 0.270 e. The van der Waals surface area contributed by atoms with Gasteiger partial charge in [0.25, 0.3) is 5.91 Å². The summed E-state index contributed by atoms with van der Waals surface area (Å²) in [6.07, 6.45) is 4.76. The lowest BCUT2D eigenvalue weighted by Gasteiger charge is -2.34. The highest BCUT2D eigenvalue weighted by Crippen LogP contribution is 2.32. The predicted molar refractivity (Wildman–Crippen MR) is 152 cm³/mol. The van der Waals surface area contributed by atoms with E-state index in [9.17, 15) is 9.18 Å². The Labute approximate surface area is 224 Å². The van der Waals surface area contributed by atoms with E-state index in [0.29, 0.717) is 24.6 Å². The van der Waals surface area contributed by atoms with Gasteiger partial charge in [0.05, 0.1) is 5.69 Å². The van der Waals surface area contributed by atoms with Gasteiger partial charge in [-0.1, -0.05) is 49.4 Å². The summed E-state index contributed by atoms with van der Waals surface area (Å²) in [6, 6.07) is 20.5. The molecule has 1 aliphatic rings. The largest absolute Gasteiger partial charge is 0.371 e. The van der Waals surface area contributed by atoms with Crippen LogP contribution in [0.3, 0.4) is 0 Å². The Hall–Kier alpha value is -3.67. The molecule has 1 amide bonds. The highest BCUT2D eigenvalue weighted by Gasteiger charge is 2.23. The molecule has 4 aromatic rings. The third-order valence-electron chi connectivity index (χ3n) is 7.79. The Bertz CT molecular complexity index is 1410. The molecule has 0 unspecified atom stereocenters. The van der Waals surface area contributed by atoms with Crippen LogP contribution in [0.4, 0.5) is 10.1 Å². The molecule has 38 heavy (non-hydrogen) atoms. The van der Waals surface area contributed by atoms with Crippen molar-refractivity contribution >= 4 is 17.2 Å². The number of aromatic nitrogens is 2. The first-order valence-corrected chi connectivity index (χ1v) is 13.6. The fourth-order valence-electron chi connectivity index (χ4n) is 5.45. The van der Waals surface area contributed by atoms with Gasteiger partial charge < -0.3 is 10.2 Å². The molecule has 0 radical (unpaired) electrons. The molecule has 2 aromatic heterocycles. The number of imidazole rings is 1. The first-order chi connectivity index (χ1) is 18.2. The average molecular weight is 513 g/mol. The normalized spacial score (nSPS) is 14.7. The number of hydrogen-bond donors (Lipinski definition) is 1. The minimum absolute atomic E-state index is 0.103. The van der Waals surface area contributed by atoms with Crippen molar-refractivity contribution in [3.05, 3.63) is 101 Å². The minimum Gasteiger partial charge on any atom is -0.371 e. The van der Waals surface area contributed by atoms with Crippen LogP contribution in [0, 0.1) is 6.92 Å². The fourth-order valence-corrected chi connectivity index (χ4v) is 5.45. The number of carbonyl (C=O) groups excluding carboxylic acids is 1. The number of benzene rings is 2. The molecule has 5 rings (SSSR count). The van der Waals surface area contributed by atoms with Gasteiger partial charge in [0, 0.05) is 31.5 Å². The summed E-state index contributed by atoms with van der Waals surface area (Å²) in [7, 11) is 0. The van der Waals surface area contributed by atoms with Crippen LogP contribution in [0.25, 0.3) is 5.65 Å². The lowest BCUT2D eigenvalue weighted by Crippen LogP contribution is -2.32. The standard InChI is InChI=1S/C32H37FN4O/c1-5-28-29(37-18-6-7-22(2)30(37)35-28)31(38)34-21-23-8-14-27(15-9-23)36-19-16-25(17-20-36)24-10-12-26(13-11-24)32(3,4)33/h6-15,18,25H,5,16-17,19-21H2,1-4H3,(H,34,38). The van der Waals surface area contributed by atoms with Crippen LogP contribution in [-0.2, 0) is 18.6 Å². The Morgan fingerprint density at radius 2 is 1.74 bits per heavy atom. The Morgan fingerprint density at radius 1 is 1.05 bits per heavy atom. The molecule has 2 aromatic carbocycles. The van der Waals surface area contributed by atoms with Crippen molar-refractivity contribution in [3.63, 3.8) is 0 Å². The Morgan fingerprint density at radius 3 is 2.37 bits per heavy atom. The molecule has 0 bridgehead atoms. The summed E-state index contributed by atoms with van der Waals surface area (Å²) in [6.45, 7) is 9.69. The van der Waals surface area contributed by atoms with Crippen LogP contribution in [0.15, 0.2) is 66.9 Å². The Balaban J connectivity index is 1.18. The number of carbonyl (C=O) groups is 1. The molecule has 0 atom stereocenters. The van der Waals surface area contributed by atoms with Gasteiger partial charge >= 0.3 is 0 Å². The second kappa shape index (κ2) is 10.6. The van der Waals surface area contributed by atoms with Crippen molar-refractivity contribution < 1.29 is 9.18 Å². The molecular weight excluding hydrogens is 475 g/mol. The maximum atomic E-state index is 14.2. The molecule has 1 N–H and O–H groups in total. The van der Waals surface area contributed by atoms with Gasteiger partial charge in [-0.2, -0.15) is 0 Å². The van der Waals surface area contributed by atoms with E-state index in [0.717, 1.165) is 54.0 Å². The topological polar surface area (TPSA) is 49.6 Å². The van der Waals surface area contributed by atoms with Crippen molar-refractivity contribution in [2.45, 2.75) is 65.1 Å². The van der Waals surface area contributed by atoms with E-state index in [1.165, 1.54) is 11.3 Å². The smallest absolute Gasteiger partial charge is 0.270 e. The van der Waals surface area contributed by atoms with Crippen LogP contribution >= 0.6 is 0 Å². The van der Waals surface area contributed by atoms with Crippen LogP contribution in [-0.4, -0.2) is 28.4 Å². The first-order valence-electron chi connectivity index (χ1n) is 13.6. The fraction of sp³-hybridized carbons (Fsp3) is 0.375. The Kier molecular flexibility index (Phi) is 7.24. The number of hydrogen-bond acceptors (Lipinski definition) is 3. The average Bonchev–Trinajstić information content (AvgIpc) is 3.32. The third-order valence-corrected chi connectivity index (χ3v) is 7.79. The summed E-state index contributed by atoms with van der Waals surface area (Å²) in [5.74, 6) is 0.406. The molecule has 5 nitrogen and oxygen atoms in total. The lowest BCUT2D eigenvalue weighted by atomic mass is 9.87. The SMILES string of the molecule is CCc1nc2c(C)cccn2c1C(=O)NCc1ccc(N2CCC(c3ccc(C(C)(C)F)cc3)CC2)cc1. The molecule has 1 fully saturated rings. The highest BCUT2D eigenvalue weighted by atomic mass is 19.1. The van der Waals surface area contributed by atoms with E-state index in [4.69, 9.17) is 0 Å². The zero-order valence-electron chi connectivity index (χ0n) is 22.8. The van der Waals surface area contributed by atoms with Gasteiger partial charge in [-0.25, -0.2) is 9.37 Å². The number of halogens is 1. The third kappa shape index (κ3) is 5.31. The predicted octanol–water partition coefficient (Wildman–Crippen LogP) is 6.72. The molecule has 6 heteroatoms. The summed E-state index contributed by atoms with van der Waals surface area (Å²) in [4.78, 5) is 20.2. The van der Waals surface area contributed by atoms with Crippen LogP contribution in [0.5, 0.6) is 0 Å². The minimum atomic E-state index is -1.30. The second-order valence-corrected chi connectivity index (χ2v) is 10.9. The lowest BCUT2D eigenvalue weighted by molar-refractivity contribution is 0.0944. The summed E-state index contributed by atoms with van der Waals surface area (Å²) >= 11 is 0. The summed E-state index contributed by atoms with van der Waals surface area (Å²) < 4.78 is 16.1. The van der Waals surface area contributed by atoms with E-state index in [2.05, 4.69) is 51.6 Å². The summed E-state index contributed by atoms with van der Waals surface area (Å²) in [5.41, 5.74) is 6.33. The molecular formula is C32H37FN4O. The van der Waals surface area contributed by atoms with E-state index in [1.807, 2.05) is 48.7 Å². The maximum absolute atomic E-state index is 14.2. The zero-order chi connectivity index (χ0) is 26.9. The molecule has 0 saturated carbocycles. The number of alkyl halides is 1. The molecule has 1 aliphatic heterocycles. The number of rotatable bonds is 7. The van der Waals surface area contributed by atoms with Gasteiger partial charge in [0.15, 0.2) is 0 Å². The number of nitrogens with one attached hydrogen (secondary N) is 1. The highest BCUT2D eigenvalue weighted by molar-refractivity contribution is 5.94. The van der Waals surface area contributed by atoms with E-state index >= 15 is 0 Å². The second-order valence-electron chi connectivity index (χ2n) is 10.9. The van der Waals surface area contributed by atoms with Gasteiger partial charge in [0.1, 0.15) is 17.0 Å². The number of fused-ring (bicyclic) bond motifs is 1. The molecule has 198 valence electrons. The molecule has 0 aliphatic carbocycles. The number of amides is 1. The van der Waals surface area contributed by atoms with Crippen LogP contribution in [0.2, 0.25) is 0 Å². The zero-order valence-corrected chi connectivity index (χ0v) is 22.8. The molecule has 0 spiro atoms. The van der Waals surface area contributed by atoms with E-state index in [-0.39, 0.29) is 5.91 Å². The van der Waals surface area contributed by atoms with Gasteiger partial charge in [-0.05, 0) is 86.4 Å². The van der Waals surface area contributed by atoms with Crippen LogP contribution in [0.1, 0.15) is 78.0 Å². The quantitative estimate of drug-likeness (QED) is 0.299. The molecule has 1 saturated heterocycles. The number of anilines is 1. The number of nitrogens with zero attached hydrogens (tertiary/aromatic N) is 3. The molecule has 3 heterocycles. The number of piperidine rings is 1. The van der Waals surface area contributed by atoms with E-state index < -0.39 is 5.67 Å². The summed E-state index contributed by atoms with van der Waals surface area (Å²) in [5, 5.41) is 3.09. The van der Waals surface area contributed by atoms with Gasteiger partial charge in [0.2, 0.25) is 0 Å². The van der Waals surface area contributed by atoms with Crippen molar-refractivity contribution in [1.82, 2.24) is 14.7 Å². The monoisotopic (exact) mass is 512 g/mol. The van der Waals surface area contributed by atoms with Gasteiger partial charge in [-0.3, -0.25) is 9.20 Å². The van der Waals surface area contributed by atoms with Crippen LogP contribution < -0.4 is 10.2 Å². The number of aryl methyl sites for hydroxylation is 2. The van der Waals surface area contributed by atoms with E-state index in [1.54, 1.807) is 13.8 Å². The first kappa shape index (κ1) is 26.0. The van der Waals surface area contributed by atoms with Gasteiger partial charge in [-0.15, -0.1) is 0 Å².